The summed E-state index contributed by atoms with van der Waals surface area (Å²) in [5.74, 6) is 0.941. The molecule has 0 saturated carbocycles. The Labute approximate surface area is 154 Å². The van der Waals surface area contributed by atoms with Crippen molar-refractivity contribution in [1.82, 2.24) is 0 Å². The van der Waals surface area contributed by atoms with Gasteiger partial charge in [0.05, 0.1) is 0 Å². The lowest BCUT2D eigenvalue weighted by molar-refractivity contribution is 0.282. The van der Waals surface area contributed by atoms with E-state index < -0.39 is 0 Å². The lowest BCUT2D eigenvalue weighted by Gasteiger charge is -2.07. The number of unbranched alkanes of at least 4 members (excludes halogenated alkanes) is 16. The molecule has 0 aliphatic heterocycles. The molecular weight excluding hydrogens is 292 g/mol. The Morgan fingerprint density at radius 2 is 0.792 bits per heavy atom. The Morgan fingerprint density at radius 1 is 0.500 bits per heavy atom. The molecule has 0 amide bonds. The van der Waals surface area contributed by atoms with E-state index in [2.05, 4.69) is 13.8 Å². The molecule has 24 heavy (non-hydrogen) atoms. The van der Waals surface area contributed by atoms with Gasteiger partial charge in [-0.05, 0) is 12.3 Å². The van der Waals surface area contributed by atoms with E-state index in [0.29, 0.717) is 6.61 Å². The summed E-state index contributed by atoms with van der Waals surface area (Å²) in [5.41, 5.74) is 0. The molecule has 1 heteroatoms. The zero-order valence-electron chi connectivity index (χ0n) is 17.2. The second kappa shape index (κ2) is 21.0. The van der Waals surface area contributed by atoms with Gasteiger partial charge < -0.3 is 5.11 Å². The van der Waals surface area contributed by atoms with E-state index in [1.54, 1.807) is 0 Å². The molecule has 1 atom stereocenters. The molecule has 0 rings (SSSR count). The minimum atomic E-state index is 0.373. The van der Waals surface area contributed by atoms with Crippen molar-refractivity contribution in [3.05, 3.63) is 0 Å². The molecule has 1 N–H and O–H groups in total. The molecule has 0 aromatic heterocycles. The van der Waals surface area contributed by atoms with Crippen LogP contribution < -0.4 is 0 Å². The lowest BCUT2D eigenvalue weighted by Crippen LogP contribution is -1.91. The van der Waals surface area contributed by atoms with Gasteiger partial charge in [0, 0.05) is 6.61 Å². The molecule has 0 heterocycles. The Balaban J connectivity index is 2.98. The van der Waals surface area contributed by atoms with Crippen LogP contribution in [0.5, 0.6) is 0 Å². The highest BCUT2D eigenvalue weighted by molar-refractivity contribution is 4.53. The molecule has 0 aromatic carbocycles. The Kier molecular flexibility index (Phi) is 21.0. The van der Waals surface area contributed by atoms with Gasteiger partial charge in [-0.25, -0.2) is 0 Å². The summed E-state index contributed by atoms with van der Waals surface area (Å²) in [6.45, 7) is 5.07. The van der Waals surface area contributed by atoms with E-state index in [-0.39, 0.29) is 0 Å². The fraction of sp³-hybridized carbons (Fsp3) is 1.00. The van der Waals surface area contributed by atoms with E-state index in [4.69, 9.17) is 5.11 Å². The lowest BCUT2D eigenvalue weighted by atomic mass is 9.99. The number of rotatable bonds is 20. The number of hydrogen-bond donors (Lipinski definition) is 1. The van der Waals surface area contributed by atoms with Crippen molar-refractivity contribution in [3.63, 3.8) is 0 Å². The standard InChI is InChI=1S/C23H48O/c1-3-23(2)21-19-17-15-13-11-9-7-5-4-6-8-10-12-14-16-18-20-22-24/h23-24H,3-22H2,1-2H3/t23-/m1/s1. The fourth-order valence-corrected chi connectivity index (χ4v) is 3.46. The van der Waals surface area contributed by atoms with Crippen molar-refractivity contribution in [2.24, 2.45) is 5.92 Å². The minimum absolute atomic E-state index is 0.373. The fourth-order valence-electron chi connectivity index (χ4n) is 3.46. The summed E-state index contributed by atoms with van der Waals surface area (Å²) in [5, 5.41) is 8.72. The molecule has 0 aliphatic rings. The van der Waals surface area contributed by atoms with Crippen LogP contribution in [-0.4, -0.2) is 11.7 Å². The SMILES string of the molecule is CC[C@@H](C)CCCCCCCCCCCCCCCCCCCO. The van der Waals surface area contributed by atoms with Gasteiger partial charge in [0.2, 0.25) is 0 Å². The average molecular weight is 341 g/mol. The topological polar surface area (TPSA) is 20.2 Å². The summed E-state index contributed by atoms with van der Waals surface area (Å²) < 4.78 is 0. The van der Waals surface area contributed by atoms with Crippen LogP contribution in [0.1, 0.15) is 136 Å². The van der Waals surface area contributed by atoms with Gasteiger partial charge in [-0.15, -0.1) is 0 Å². The van der Waals surface area contributed by atoms with Crippen LogP contribution in [-0.2, 0) is 0 Å². The average Bonchev–Trinajstić information content (AvgIpc) is 2.60. The van der Waals surface area contributed by atoms with E-state index in [9.17, 15) is 0 Å². The first-order valence-corrected chi connectivity index (χ1v) is 11.4. The van der Waals surface area contributed by atoms with Crippen molar-refractivity contribution >= 4 is 0 Å². The van der Waals surface area contributed by atoms with Crippen LogP contribution in [0.2, 0.25) is 0 Å². The Bertz CT molecular complexity index is 214. The smallest absolute Gasteiger partial charge is 0.0431 e. The first kappa shape index (κ1) is 24.0. The summed E-state index contributed by atoms with van der Waals surface area (Å²) in [7, 11) is 0. The number of aliphatic hydroxyl groups is 1. The van der Waals surface area contributed by atoms with Gasteiger partial charge in [-0.3, -0.25) is 0 Å². The van der Waals surface area contributed by atoms with Gasteiger partial charge >= 0.3 is 0 Å². The zero-order chi connectivity index (χ0) is 17.7. The van der Waals surface area contributed by atoms with Crippen molar-refractivity contribution < 1.29 is 5.11 Å². The predicted octanol–water partition coefficient (Wildman–Crippen LogP) is 8.05. The first-order valence-electron chi connectivity index (χ1n) is 11.4. The highest BCUT2D eigenvalue weighted by atomic mass is 16.2. The molecular formula is C23H48O. The second-order valence-electron chi connectivity index (χ2n) is 8.04. The third-order valence-electron chi connectivity index (χ3n) is 5.55. The molecule has 0 radical (unpaired) electrons. The summed E-state index contributed by atoms with van der Waals surface area (Å²) in [6.07, 6.45) is 26.6. The first-order chi connectivity index (χ1) is 11.8. The van der Waals surface area contributed by atoms with Crippen LogP contribution in [0.15, 0.2) is 0 Å². The van der Waals surface area contributed by atoms with Crippen LogP contribution in [0, 0.1) is 5.92 Å². The molecule has 1 nitrogen and oxygen atoms in total. The molecule has 0 aliphatic carbocycles. The second-order valence-corrected chi connectivity index (χ2v) is 8.04. The molecule has 0 aromatic rings. The molecule has 0 unspecified atom stereocenters. The van der Waals surface area contributed by atoms with E-state index in [1.165, 1.54) is 116 Å². The van der Waals surface area contributed by atoms with Crippen molar-refractivity contribution in [3.8, 4) is 0 Å². The van der Waals surface area contributed by atoms with E-state index in [0.717, 1.165) is 12.3 Å². The largest absolute Gasteiger partial charge is 0.396 e. The number of aliphatic hydroxyl groups excluding tert-OH is 1. The van der Waals surface area contributed by atoms with Crippen molar-refractivity contribution in [1.29, 1.82) is 0 Å². The zero-order valence-corrected chi connectivity index (χ0v) is 17.2. The van der Waals surface area contributed by atoms with Crippen LogP contribution in [0.25, 0.3) is 0 Å². The maximum atomic E-state index is 8.72. The van der Waals surface area contributed by atoms with Gasteiger partial charge in [0.15, 0.2) is 0 Å². The minimum Gasteiger partial charge on any atom is -0.396 e. The van der Waals surface area contributed by atoms with Gasteiger partial charge in [0.1, 0.15) is 0 Å². The van der Waals surface area contributed by atoms with Crippen molar-refractivity contribution in [2.75, 3.05) is 6.61 Å². The van der Waals surface area contributed by atoms with Crippen molar-refractivity contribution in [2.45, 2.75) is 136 Å². The van der Waals surface area contributed by atoms with Gasteiger partial charge in [0.25, 0.3) is 0 Å². The van der Waals surface area contributed by atoms with Crippen LogP contribution in [0.4, 0.5) is 0 Å². The summed E-state index contributed by atoms with van der Waals surface area (Å²) >= 11 is 0. The Hall–Kier alpha value is -0.0400. The third-order valence-corrected chi connectivity index (χ3v) is 5.55. The molecule has 0 spiro atoms. The van der Waals surface area contributed by atoms with E-state index in [1.807, 2.05) is 0 Å². The Morgan fingerprint density at radius 3 is 1.08 bits per heavy atom. The van der Waals surface area contributed by atoms with E-state index >= 15 is 0 Å². The molecule has 0 bridgehead atoms. The molecule has 0 fully saturated rings. The monoisotopic (exact) mass is 340 g/mol. The summed E-state index contributed by atoms with van der Waals surface area (Å²) in [6, 6.07) is 0. The number of hydrogen-bond acceptors (Lipinski definition) is 1. The predicted molar refractivity (Wildman–Crippen MR) is 110 cm³/mol. The summed E-state index contributed by atoms with van der Waals surface area (Å²) in [4.78, 5) is 0. The van der Waals surface area contributed by atoms with Gasteiger partial charge in [-0.2, -0.15) is 0 Å². The molecule has 0 saturated heterocycles. The maximum Gasteiger partial charge on any atom is 0.0431 e. The van der Waals surface area contributed by atoms with Crippen LogP contribution in [0.3, 0.4) is 0 Å². The maximum absolute atomic E-state index is 8.72. The quantitative estimate of drug-likeness (QED) is 0.222. The normalized spacial score (nSPS) is 12.6. The molecule has 146 valence electrons. The highest BCUT2D eigenvalue weighted by Crippen LogP contribution is 2.16. The van der Waals surface area contributed by atoms with Crippen LogP contribution >= 0.6 is 0 Å². The van der Waals surface area contributed by atoms with Gasteiger partial charge in [-0.1, -0.05) is 129 Å². The highest BCUT2D eigenvalue weighted by Gasteiger charge is 1.98. The third kappa shape index (κ3) is 20.0.